The predicted molar refractivity (Wildman–Crippen MR) is 136 cm³/mol. The van der Waals surface area contributed by atoms with Gasteiger partial charge in [-0.05, 0) is 88.2 Å². The number of rotatable bonds is 9. The van der Waals surface area contributed by atoms with Crippen LogP contribution in [0.25, 0.3) is 0 Å². The molecule has 0 aliphatic rings. The van der Waals surface area contributed by atoms with Gasteiger partial charge in [0.2, 0.25) is 5.91 Å². The lowest BCUT2D eigenvalue weighted by Gasteiger charge is -2.12. The number of nitrogens with zero attached hydrogens (tertiary/aromatic N) is 1. The molecule has 0 spiro atoms. The molecule has 7 nitrogen and oxygen atoms in total. The highest BCUT2D eigenvalue weighted by Crippen LogP contribution is 2.24. The molecule has 0 atom stereocenters. The Bertz CT molecular complexity index is 924. The molecule has 0 fully saturated rings. The number of hydrogen-bond acceptors (Lipinski definition) is 5. The van der Waals surface area contributed by atoms with E-state index in [-0.39, 0.29) is 29.3 Å². The molecule has 0 unspecified atom stereocenters. The Morgan fingerprint density at radius 3 is 2.22 bits per heavy atom. The molecule has 2 aromatic rings. The normalized spacial score (nSPS) is 10.2. The molecular formula is C22H28Cl2N4O3S. The fraction of sp³-hybridized carbons (Fsp3) is 0.318. The summed E-state index contributed by atoms with van der Waals surface area (Å²) in [5, 5.41) is 8.90. The average molecular weight is 499 g/mol. The van der Waals surface area contributed by atoms with Gasteiger partial charge in [0.1, 0.15) is 5.75 Å². The summed E-state index contributed by atoms with van der Waals surface area (Å²) in [4.78, 5) is 26.4. The van der Waals surface area contributed by atoms with Crippen molar-refractivity contribution in [1.82, 2.24) is 10.2 Å². The van der Waals surface area contributed by atoms with Crippen molar-refractivity contribution in [1.29, 1.82) is 0 Å². The predicted octanol–water partition coefficient (Wildman–Crippen LogP) is 4.57. The van der Waals surface area contributed by atoms with Crippen LogP contribution < -0.4 is 20.7 Å². The highest BCUT2D eigenvalue weighted by Gasteiger charge is 2.11. The maximum absolute atomic E-state index is 12.3. The first-order valence-corrected chi connectivity index (χ1v) is 10.6. The lowest BCUT2D eigenvalue weighted by atomic mass is 10.2. The smallest absolute Gasteiger partial charge is 0.257 e. The van der Waals surface area contributed by atoms with Gasteiger partial charge in [-0.25, -0.2) is 0 Å². The van der Waals surface area contributed by atoms with Crippen LogP contribution in [0.1, 0.15) is 29.6 Å². The molecule has 0 heterocycles. The number of unbranched alkanes of at least 4 members (excludes halogenated alkanes) is 1. The van der Waals surface area contributed by atoms with Gasteiger partial charge in [0.25, 0.3) is 5.91 Å². The monoisotopic (exact) mass is 498 g/mol. The number of carbonyl (C=O) groups is 2. The first-order valence-electron chi connectivity index (χ1n) is 9.79. The van der Waals surface area contributed by atoms with E-state index in [9.17, 15) is 9.59 Å². The number of nitrogens with one attached hydrogen (secondary N) is 3. The van der Waals surface area contributed by atoms with Crippen molar-refractivity contribution in [2.75, 3.05) is 38.4 Å². The summed E-state index contributed by atoms with van der Waals surface area (Å²) in [7, 11) is 5.53. The molecule has 10 heteroatoms. The summed E-state index contributed by atoms with van der Waals surface area (Å²) in [6.45, 7) is 0.968. The zero-order valence-electron chi connectivity index (χ0n) is 18.2. The second kappa shape index (κ2) is 13.9. The van der Waals surface area contributed by atoms with Crippen molar-refractivity contribution in [2.45, 2.75) is 19.3 Å². The quantitative estimate of drug-likeness (QED) is 0.347. The number of thiocarbonyl (C=S) groups is 1. The molecule has 0 saturated heterocycles. The highest BCUT2D eigenvalue weighted by atomic mass is 35.5. The van der Waals surface area contributed by atoms with Crippen molar-refractivity contribution >= 4 is 64.5 Å². The van der Waals surface area contributed by atoms with Crippen molar-refractivity contribution in [3.05, 3.63) is 53.1 Å². The third kappa shape index (κ3) is 9.40. The molecule has 3 N–H and O–H groups in total. The fourth-order valence-electron chi connectivity index (χ4n) is 2.72. The third-order valence-corrected chi connectivity index (χ3v) is 4.83. The van der Waals surface area contributed by atoms with Crippen LogP contribution in [-0.2, 0) is 4.79 Å². The maximum atomic E-state index is 12.3. The second-order valence-corrected chi connectivity index (χ2v) is 7.96. The zero-order chi connectivity index (χ0) is 22.8. The van der Waals surface area contributed by atoms with Crippen LogP contribution in [-0.4, -0.2) is 49.6 Å². The standard InChI is InChI=1S/C22H27ClN4O3S.ClH/c1-27(2)13-5-4-6-20(28)24-16-8-10-17(11-9-16)25-22(31)26-21(29)15-7-12-19(30-3)18(23)14-15;/h7-12,14H,4-6,13H2,1-3H3,(H,24,28)(H2,25,26,29,31);1H. The SMILES string of the molecule is COc1ccc(C(=O)NC(=S)Nc2ccc(NC(=O)CCCCN(C)C)cc2)cc1Cl.Cl. The van der Waals surface area contributed by atoms with Gasteiger partial charge in [0.05, 0.1) is 12.1 Å². The Labute approximate surface area is 205 Å². The molecule has 32 heavy (non-hydrogen) atoms. The molecule has 2 aromatic carbocycles. The summed E-state index contributed by atoms with van der Waals surface area (Å²) < 4.78 is 5.08. The van der Waals surface area contributed by atoms with Gasteiger partial charge in [-0.2, -0.15) is 0 Å². The Hall–Kier alpha value is -2.39. The fourth-order valence-corrected chi connectivity index (χ4v) is 3.19. The Balaban J connectivity index is 0.00000512. The van der Waals surface area contributed by atoms with E-state index >= 15 is 0 Å². The molecule has 0 bridgehead atoms. The van der Waals surface area contributed by atoms with Gasteiger partial charge in [-0.3, -0.25) is 14.9 Å². The van der Waals surface area contributed by atoms with E-state index < -0.39 is 0 Å². The van der Waals surface area contributed by atoms with Crippen molar-refractivity contribution in [2.24, 2.45) is 0 Å². The van der Waals surface area contributed by atoms with E-state index in [1.54, 1.807) is 36.4 Å². The highest BCUT2D eigenvalue weighted by molar-refractivity contribution is 7.80. The van der Waals surface area contributed by atoms with Crippen LogP contribution >= 0.6 is 36.2 Å². The topological polar surface area (TPSA) is 82.7 Å². The minimum absolute atomic E-state index is 0. The average Bonchev–Trinajstić information content (AvgIpc) is 2.72. The molecule has 0 radical (unpaired) electrons. The summed E-state index contributed by atoms with van der Waals surface area (Å²) >= 11 is 11.3. The van der Waals surface area contributed by atoms with Crippen LogP contribution in [0.4, 0.5) is 11.4 Å². The van der Waals surface area contributed by atoms with Gasteiger partial charge in [-0.1, -0.05) is 11.6 Å². The molecule has 2 rings (SSSR count). The molecular weight excluding hydrogens is 471 g/mol. The molecule has 0 aliphatic heterocycles. The molecule has 174 valence electrons. The van der Waals surface area contributed by atoms with Crippen LogP contribution in [0, 0.1) is 0 Å². The van der Waals surface area contributed by atoms with Crippen molar-refractivity contribution < 1.29 is 14.3 Å². The van der Waals surface area contributed by atoms with Crippen molar-refractivity contribution in [3.8, 4) is 5.75 Å². The number of ether oxygens (including phenoxy) is 1. The van der Waals surface area contributed by atoms with E-state index in [0.29, 0.717) is 34.1 Å². The number of amides is 2. The summed E-state index contributed by atoms with van der Waals surface area (Å²) in [6.07, 6.45) is 2.31. The minimum Gasteiger partial charge on any atom is -0.495 e. The number of methoxy groups -OCH3 is 1. The van der Waals surface area contributed by atoms with Crippen LogP contribution in [0.5, 0.6) is 5.75 Å². The van der Waals surface area contributed by atoms with Crippen molar-refractivity contribution in [3.63, 3.8) is 0 Å². The van der Waals surface area contributed by atoms with E-state index in [2.05, 4.69) is 20.9 Å². The molecule has 2 amide bonds. The Morgan fingerprint density at radius 2 is 1.66 bits per heavy atom. The van der Waals surface area contributed by atoms with E-state index in [0.717, 1.165) is 19.4 Å². The van der Waals surface area contributed by atoms with Crippen LogP contribution in [0.15, 0.2) is 42.5 Å². The Morgan fingerprint density at radius 1 is 1.03 bits per heavy atom. The lowest BCUT2D eigenvalue weighted by Crippen LogP contribution is -2.34. The van der Waals surface area contributed by atoms with Gasteiger partial charge in [0.15, 0.2) is 5.11 Å². The first-order chi connectivity index (χ1) is 14.8. The molecule has 0 saturated carbocycles. The van der Waals surface area contributed by atoms with Crippen LogP contribution in [0.2, 0.25) is 5.02 Å². The van der Waals surface area contributed by atoms with Gasteiger partial charge in [-0.15, -0.1) is 12.4 Å². The number of halogens is 2. The van der Waals surface area contributed by atoms with E-state index in [4.69, 9.17) is 28.6 Å². The van der Waals surface area contributed by atoms with Crippen LogP contribution in [0.3, 0.4) is 0 Å². The Kier molecular flexibility index (Phi) is 12.0. The zero-order valence-corrected chi connectivity index (χ0v) is 20.6. The van der Waals surface area contributed by atoms with Gasteiger partial charge >= 0.3 is 0 Å². The first kappa shape index (κ1) is 27.6. The van der Waals surface area contributed by atoms with E-state index in [1.807, 2.05) is 14.1 Å². The largest absolute Gasteiger partial charge is 0.495 e. The summed E-state index contributed by atoms with van der Waals surface area (Å²) in [6, 6.07) is 11.8. The number of carbonyl (C=O) groups excluding carboxylic acids is 2. The molecule has 0 aromatic heterocycles. The molecule has 0 aliphatic carbocycles. The third-order valence-electron chi connectivity index (χ3n) is 4.33. The maximum Gasteiger partial charge on any atom is 0.257 e. The summed E-state index contributed by atoms with van der Waals surface area (Å²) in [5.41, 5.74) is 1.74. The summed E-state index contributed by atoms with van der Waals surface area (Å²) in [5.74, 6) is 0.0836. The van der Waals surface area contributed by atoms with Gasteiger partial charge < -0.3 is 20.3 Å². The number of hydrogen-bond donors (Lipinski definition) is 3. The number of anilines is 2. The van der Waals surface area contributed by atoms with Gasteiger partial charge in [0, 0.05) is 23.4 Å². The van der Waals surface area contributed by atoms with E-state index in [1.165, 1.54) is 13.2 Å². The lowest BCUT2D eigenvalue weighted by molar-refractivity contribution is -0.116. The second-order valence-electron chi connectivity index (χ2n) is 7.14. The number of benzene rings is 2. The minimum atomic E-state index is -0.389.